The Morgan fingerprint density at radius 2 is 1.43 bits per heavy atom. The number of rotatable bonds is 10. The second-order valence-electron chi connectivity index (χ2n) is 15.6. The third-order valence-corrected chi connectivity index (χ3v) is 11.1. The lowest BCUT2D eigenvalue weighted by molar-refractivity contribution is 0.0544. The standard InChI is InChI=1S/C46H45N9O6/c1-6-7-17-32-20-22-53(50-32)40(36-27-52(29(4)5)45(59)41-43(58)37(56)24-48-55(36)41)31-16-13-18-33(23-31)61-44-38(57)25-49-54-35(26-51(28(2)3)46(60)42(44)54)39(30-14-9-8-10-15-30)34-19-11-12-21-47-34/h8-16,18-25,28-29,35-36,39-40,58H,6,26-27H2,1-5H3. The summed E-state index contributed by atoms with van der Waals surface area (Å²) in [5, 5.41) is 24.8. The lowest BCUT2D eigenvalue weighted by Gasteiger charge is -2.41. The second kappa shape index (κ2) is 16.7. The first-order valence-corrected chi connectivity index (χ1v) is 20.3. The number of aromatic hydroxyl groups is 1. The summed E-state index contributed by atoms with van der Waals surface area (Å²) in [5.41, 5.74) is 1.31. The van der Waals surface area contributed by atoms with Crippen LogP contribution in [0.4, 0.5) is 0 Å². The number of ether oxygens (including phenoxy) is 1. The molecule has 1 N–H and O–H groups in total. The second-order valence-corrected chi connectivity index (χ2v) is 15.6. The van der Waals surface area contributed by atoms with E-state index in [1.165, 1.54) is 10.9 Å². The molecule has 310 valence electrons. The molecule has 4 atom stereocenters. The Bertz CT molecular complexity index is 2750. The summed E-state index contributed by atoms with van der Waals surface area (Å²) in [5.74, 6) is 4.20. The summed E-state index contributed by atoms with van der Waals surface area (Å²) in [6, 6.07) is 22.0. The average Bonchev–Trinajstić information content (AvgIpc) is 3.72. The molecule has 0 fully saturated rings. The van der Waals surface area contributed by atoms with Gasteiger partial charge in [0.05, 0.1) is 36.1 Å². The van der Waals surface area contributed by atoms with Crippen LogP contribution in [-0.2, 0) is 0 Å². The molecule has 0 radical (unpaired) electrons. The quantitative estimate of drug-likeness (QED) is 0.172. The molecule has 4 unspecified atom stereocenters. The summed E-state index contributed by atoms with van der Waals surface area (Å²) >= 11 is 0. The number of benzene rings is 2. The van der Waals surface area contributed by atoms with Gasteiger partial charge in [-0.3, -0.25) is 33.5 Å². The van der Waals surface area contributed by atoms with Crippen molar-refractivity contribution in [3.63, 3.8) is 0 Å². The molecule has 2 aromatic carbocycles. The van der Waals surface area contributed by atoms with Crippen molar-refractivity contribution in [2.75, 3.05) is 13.1 Å². The van der Waals surface area contributed by atoms with Gasteiger partial charge in [0.1, 0.15) is 17.5 Å². The van der Waals surface area contributed by atoms with Crippen molar-refractivity contribution in [2.24, 2.45) is 0 Å². The van der Waals surface area contributed by atoms with E-state index in [0.717, 1.165) is 17.5 Å². The zero-order valence-corrected chi connectivity index (χ0v) is 34.4. The van der Waals surface area contributed by atoms with Crippen LogP contribution in [0.5, 0.6) is 17.2 Å². The molecule has 0 bridgehead atoms. The molecule has 2 amide bonds. The lowest BCUT2D eigenvalue weighted by atomic mass is 9.86. The Labute approximate surface area is 351 Å². The highest BCUT2D eigenvalue weighted by molar-refractivity contribution is 5.96. The lowest BCUT2D eigenvalue weighted by Crippen LogP contribution is -2.50. The summed E-state index contributed by atoms with van der Waals surface area (Å²) < 4.78 is 11.2. The summed E-state index contributed by atoms with van der Waals surface area (Å²) in [4.78, 5) is 62.9. The molecule has 6 aromatic rings. The average molecular weight is 820 g/mol. The Kier molecular flexibility index (Phi) is 11.1. The van der Waals surface area contributed by atoms with Crippen LogP contribution in [0.2, 0.25) is 0 Å². The van der Waals surface area contributed by atoms with Gasteiger partial charge in [0, 0.05) is 44.0 Å². The van der Waals surface area contributed by atoms with Gasteiger partial charge in [-0.05, 0) is 75.1 Å². The van der Waals surface area contributed by atoms with E-state index in [-0.39, 0.29) is 47.4 Å². The molecule has 0 saturated heterocycles. The van der Waals surface area contributed by atoms with E-state index < -0.39 is 46.5 Å². The first-order valence-electron chi connectivity index (χ1n) is 20.3. The van der Waals surface area contributed by atoms with Gasteiger partial charge >= 0.3 is 0 Å². The van der Waals surface area contributed by atoms with E-state index >= 15 is 0 Å². The van der Waals surface area contributed by atoms with Crippen molar-refractivity contribution in [2.45, 2.75) is 77.2 Å². The van der Waals surface area contributed by atoms with E-state index in [9.17, 15) is 24.3 Å². The van der Waals surface area contributed by atoms with Crippen LogP contribution in [0.1, 0.15) is 109 Å². The first kappa shape index (κ1) is 40.4. The first-order chi connectivity index (χ1) is 29.5. The van der Waals surface area contributed by atoms with Gasteiger partial charge < -0.3 is 19.6 Å². The fourth-order valence-electron chi connectivity index (χ4n) is 8.25. The minimum atomic E-state index is -0.776. The molecular formula is C46H45N9O6. The van der Waals surface area contributed by atoms with Gasteiger partial charge in [-0.15, -0.1) is 0 Å². The normalized spacial score (nSPS) is 17.1. The molecule has 15 heteroatoms. The Balaban J connectivity index is 1.27. The van der Waals surface area contributed by atoms with Gasteiger partial charge in [-0.25, -0.2) is 4.68 Å². The summed E-state index contributed by atoms with van der Waals surface area (Å²) in [6.07, 6.45) is 6.30. The SMILES string of the molecule is CCC#Cc1ccn(C(c2cccc(Oc3c4n(ncc3=O)C(C(c3ccccc3)c3ccccn3)CN(C(C)C)C4=O)c2)C2CN(C(C)C)C(=O)c3c(O)c(=O)cnn32)n1. The van der Waals surface area contributed by atoms with Gasteiger partial charge in [-0.1, -0.05) is 61.4 Å². The summed E-state index contributed by atoms with van der Waals surface area (Å²) in [6.45, 7) is 9.94. The number of fused-ring (bicyclic) bond motifs is 2. The zero-order chi connectivity index (χ0) is 42.9. The molecule has 2 aliphatic heterocycles. The third kappa shape index (κ3) is 7.56. The number of aromatic nitrogens is 7. The highest BCUT2D eigenvalue weighted by Crippen LogP contribution is 2.41. The van der Waals surface area contributed by atoms with Crippen LogP contribution in [-0.4, -0.2) is 86.2 Å². The molecule has 0 spiro atoms. The predicted molar refractivity (Wildman–Crippen MR) is 226 cm³/mol. The van der Waals surface area contributed by atoms with Crippen molar-refractivity contribution in [1.29, 1.82) is 0 Å². The maximum absolute atomic E-state index is 14.5. The van der Waals surface area contributed by atoms with E-state index in [1.807, 2.05) is 89.2 Å². The number of hydrogen-bond donors (Lipinski definition) is 1. The molecule has 61 heavy (non-hydrogen) atoms. The Morgan fingerprint density at radius 3 is 2.11 bits per heavy atom. The van der Waals surface area contributed by atoms with Crippen LogP contribution >= 0.6 is 0 Å². The number of carbonyl (C=O) groups is 2. The van der Waals surface area contributed by atoms with E-state index in [4.69, 9.17) is 14.8 Å². The Hall–Kier alpha value is -7.34. The van der Waals surface area contributed by atoms with Crippen molar-refractivity contribution >= 4 is 11.8 Å². The minimum Gasteiger partial charge on any atom is -0.502 e. The highest BCUT2D eigenvalue weighted by Gasteiger charge is 2.43. The molecule has 8 rings (SSSR count). The Morgan fingerprint density at radius 1 is 0.770 bits per heavy atom. The smallest absolute Gasteiger partial charge is 0.276 e. The molecule has 0 saturated carbocycles. The molecule has 6 heterocycles. The number of nitrogens with zero attached hydrogens (tertiary/aromatic N) is 9. The van der Waals surface area contributed by atoms with Crippen LogP contribution in [0.15, 0.2) is 113 Å². The summed E-state index contributed by atoms with van der Waals surface area (Å²) in [7, 11) is 0. The predicted octanol–water partition coefficient (Wildman–Crippen LogP) is 5.58. The highest BCUT2D eigenvalue weighted by atomic mass is 16.5. The van der Waals surface area contributed by atoms with E-state index in [1.54, 1.807) is 55.8 Å². The van der Waals surface area contributed by atoms with E-state index in [2.05, 4.69) is 22.0 Å². The van der Waals surface area contributed by atoms with Crippen LogP contribution < -0.4 is 15.6 Å². The van der Waals surface area contributed by atoms with Gasteiger partial charge in [-0.2, -0.15) is 15.3 Å². The fourth-order valence-corrected chi connectivity index (χ4v) is 8.25. The molecule has 4 aromatic heterocycles. The molecule has 2 aliphatic rings. The monoisotopic (exact) mass is 819 g/mol. The molecular weight excluding hydrogens is 775 g/mol. The van der Waals surface area contributed by atoms with Crippen LogP contribution in [0.3, 0.4) is 0 Å². The number of pyridine rings is 1. The van der Waals surface area contributed by atoms with Crippen LogP contribution in [0, 0.1) is 11.8 Å². The topological polar surface area (TPSA) is 171 Å². The number of amides is 2. The van der Waals surface area contributed by atoms with E-state index in [0.29, 0.717) is 24.2 Å². The minimum absolute atomic E-state index is 0.0124. The largest absolute Gasteiger partial charge is 0.502 e. The van der Waals surface area contributed by atoms with Gasteiger partial charge in [0.15, 0.2) is 17.1 Å². The number of carbonyl (C=O) groups excluding carboxylic acids is 2. The van der Waals surface area contributed by atoms with Crippen molar-refractivity contribution in [3.8, 4) is 29.1 Å². The van der Waals surface area contributed by atoms with Crippen LogP contribution in [0.25, 0.3) is 0 Å². The maximum atomic E-state index is 14.5. The molecule has 15 nitrogen and oxygen atoms in total. The number of hydrogen-bond acceptors (Lipinski definition) is 10. The molecule has 0 aliphatic carbocycles. The van der Waals surface area contributed by atoms with Crippen molar-refractivity contribution in [1.82, 2.24) is 44.1 Å². The van der Waals surface area contributed by atoms with Crippen molar-refractivity contribution < 1.29 is 19.4 Å². The third-order valence-electron chi connectivity index (χ3n) is 11.1. The fraction of sp³-hybridized carbons (Fsp3) is 0.304. The maximum Gasteiger partial charge on any atom is 0.276 e. The van der Waals surface area contributed by atoms with Gasteiger partial charge in [0.2, 0.25) is 16.6 Å². The van der Waals surface area contributed by atoms with Gasteiger partial charge in [0.25, 0.3) is 11.8 Å². The zero-order valence-electron chi connectivity index (χ0n) is 34.4. The van der Waals surface area contributed by atoms with Crippen molar-refractivity contribution in [3.05, 3.63) is 158 Å².